The Labute approximate surface area is 188 Å². The Morgan fingerprint density at radius 3 is 2.09 bits per heavy atom. The second-order valence-corrected chi connectivity index (χ2v) is 8.34. The fraction of sp³-hybridized carbons (Fsp3) is 0.348. The molecule has 0 amide bonds. The molecule has 7 nitrogen and oxygen atoms in total. The summed E-state index contributed by atoms with van der Waals surface area (Å²) in [6, 6.07) is 7.85. The monoisotopic (exact) mass is 463 g/mol. The molecular formula is C23H24F3N3O4. The lowest BCUT2D eigenvalue weighted by Crippen LogP contribution is -2.38. The van der Waals surface area contributed by atoms with Crippen LogP contribution in [0.5, 0.6) is 5.75 Å². The summed E-state index contributed by atoms with van der Waals surface area (Å²) in [6.07, 6.45) is -4.46. The van der Waals surface area contributed by atoms with Crippen molar-refractivity contribution >= 4 is 5.97 Å². The molecule has 1 aromatic heterocycles. The molecule has 0 saturated carbocycles. The number of benzene rings is 2. The van der Waals surface area contributed by atoms with E-state index < -0.39 is 29.0 Å². The second kappa shape index (κ2) is 8.42. The van der Waals surface area contributed by atoms with E-state index in [0.29, 0.717) is 22.7 Å². The number of halogens is 3. The molecule has 10 heteroatoms. The molecular weight excluding hydrogens is 439 g/mol. The van der Waals surface area contributed by atoms with Gasteiger partial charge in [-0.25, -0.2) is 18.8 Å². The maximum atomic E-state index is 12.9. The quantitative estimate of drug-likeness (QED) is 0.590. The standard InChI is InChI=1S/C23H24F3N3O4/c1-13-10-16(11-14(2)19(13)33-22(4,5)20(30)31)12-28-21(32)29(15(3)27-28)18-8-6-17(7-9-18)23(24,25)26/h6-11H,12H2,1-5H3,(H,30,31). The van der Waals surface area contributed by atoms with Gasteiger partial charge in [0, 0.05) is 0 Å². The minimum atomic E-state index is -4.46. The summed E-state index contributed by atoms with van der Waals surface area (Å²) in [5.74, 6) is -0.317. The highest BCUT2D eigenvalue weighted by Gasteiger charge is 2.31. The molecule has 0 bridgehead atoms. The third kappa shape index (κ3) is 4.94. The first kappa shape index (κ1) is 24.1. The molecule has 0 spiro atoms. The molecule has 0 aliphatic rings. The van der Waals surface area contributed by atoms with Gasteiger partial charge < -0.3 is 9.84 Å². The number of rotatable bonds is 6. The molecule has 0 atom stereocenters. The largest absolute Gasteiger partial charge is 0.478 e. The molecule has 2 aromatic carbocycles. The van der Waals surface area contributed by atoms with E-state index in [9.17, 15) is 27.9 Å². The van der Waals surface area contributed by atoms with E-state index in [4.69, 9.17) is 4.74 Å². The zero-order chi connectivity index (χ0) is 24.7. The summed E-state index contributed by atoms with van der Waals surface area (Å²) in [7, 11) is 0. The van der Waals surface area contributed by atoms with Gasteiger partial charge in [-0.2, -0.15) is 18.3 Å². The van der Waals surface area contributed by atoms with Crippen LogP contribution in [-0.2, 0) is 17.5 Å². The number of aliphatic carboxylic acids is 1. The fourth-order valence-electron chi connectivity index (χ4n) is 3.48. The number of ether oxygens (including phenoxy) is 1. The molecule has 176 valence electrons. The molecule has 0 saturated heterocycles. The van der Waals surface area contributed by atoms with Crippen molar-refractivity contribution in [3.8, 4) is 11.4 Å². The molecule has 0 radical (unpaired) electrons. The summed E-state index contributed by atoms with van der Waals surface area (Å²) in [5, 5.41) is 13.6. The van der Waals surface area contributed by atoms with Gasteiger partial charge >= 0.3 is 17.8 Å². The van der Waals surface area contributed by atoms with Crippen LogP contribution in [0.3, 0.4) is 0 Å². The first-order valence-corrected chi connectivity index (χ1v) is 10.1. The molecule has 1 N–H and O–H groups in total. The molecule has 0 aliphatic heterocycles. The van der Waals surface area contributed by atoms with Gasteiger partial charge in [-0.3, -0.25) is 0 Å². The zero-order valence-corrected chi connectivity index (χ0v) is 18.8. The first-order chi connectivity index (χ1) is 15.2. The van der Waals surface area contributed by atoms with Crippen LogP contribution in [0.2, 0.25) is 0 Å². The molecule has 1 heterocycles. The van der Waals surface area contributed by atoms with Gasteiger partial charge in [0.1, 0.15) is 11.6 Å². The third-order valence-corrected chi connectivity index (χ3v) is 5.18. The van der Waals surface area contributed by atoms with E-state index in [1.807, 2.05) is 0 Å². The predicted molar refractivity (Wildman–Crippen MR) is 115 cm³/mol. The van der Waals surface area contributed by atoms with Crippen LogP contribution in [0.1, 0.15) is 41.9 Å². The first-order valence-electron chi connectivity index (χ1n) is 10.1. The molecule has 0 unspecified atom stereocenters. The lowest BCUT2D eigenvalue weighted by molar-refractivity contribution is -0.152. The van der Waals surface area contributed by atoms with E-state index in [2.05, 4.69) is 5.10 Å². The number of nitrogens with zero attached hydrogens (tertiary/aromatic N) is 3. The molecule has 3 aromatic rings. The summed E-state index contributed by atoms with van der Waals surface area (Å²) < 4.78 is 46.7. The van der Waals surface area contributed by atoms with Crippen molar-refractivity contribution in [1.82, 2.24) is 14.3 Å². The van der Waals surface area contributed by atoms with Crippen molar-refractivity contribution in [2.24, 2.45) is 0 Å². The summed E-state index contributed by atoms with van der Waals surface area (Å²) in [4.78, 5) is 24.3. The second-order valence-electron chi connectivity index (χ2n) is 8.34. The van der Waals surface area contributed by atoms with Crippen LogP contribution in [0, 0.1) is 20.8 Å². The van der Waals surface area contributed by atoms with Crippen molar-refractivity contribution in [2.75, 3.05) is 0 Å². The van der Waals surface area contributed by atoms with E-state index in [-0.39, 0.29) is 12.2 Å². The Balaban J connectivity index is 1.91. The highest BCUT2D eigenvalue weighted by atomic mass is 19.4. The minimum Gasteiger partial charge on any atom is -0.478 e. The maximum Gasteiger partial charge on any atom is 0.416 e. The van der Waals surface area contributed by atoms with Gasteiger partial charge in [0.25, 0.3) is 0 Å². The van der Waals surface area contributed by atoms with E-state index in [1.54, 1.807) is 32.9 Å². The predicted octanol–water partition coefficient (Wildman–Crippen LogP) is 4.27. The van der Waals surface area contributed by atoms with Crippen molar-refractivity contribution in [1.29, 1.82) is 0 Å². The summed E-state index contributed by atoms with van der Waals surface area (Å²) >= 11 is 0. The Morgan fingerprint density at radius 1 is 1.06 bits per heavy atom. The van der Waals surface area contributed by atoms with Gasteiger partial charge in [-0.1, -0.05) is 12.1 Å². The van der Waals surface area contributed by atoms with Crippen LogP contribution in [0.15, 0.2) is 41.2 Å². The smallest absolute Gasteiger partial charge is 0.416 e. The zero-order valence-electron chi connectivity index (χ0n) is 18.8. The van der Waals surface area contributed by atoms with E-state index in [1.165, 1.54) is 35.2 Å². The van der Waals surface area contributed by atoms with Crippen LogP contribution in [-0.4, -0.2) is 31.0 Å². The Kier molecular flexibility index (Phi) is 6.14. The number of alkyl halides is 3. The van der Waals surface area contributed by atoms with Crippen molar-refractivity contribution in [3.63, 3.8) is 0 Å². The van der Waals surface area contributed by atoms with Crippen molar-refractivity contribution in [3.05, 3.63) is 75.0 Å². The number of aryl methyl sites for hydroxylation is 3. The van der Waals surface area contributed by atoms with Gasteiger partial charge in [0.15, 0.2) is 5.60 Å². The Morgan fingerprint density at radius 2 is 1.61 bits per heavy atom. The highest BCUT2D eigenvalue weighted by Crippen LogP contribution is 2.30. The van der Waals surface area contributed by atoms with Gasteiger partial charge in [-0.15, -0.1) is 0 Å². The van der Waals surface area contributed by atoms with Crippen molar-refractivity contribution < 1.29 is 27.8 Å². The normalized spacial score (nSPS) is 12.1. The number of hydrogen-bond donors (Lipinski definition) is 1. The lowest BCUT2D eigenvalue weighted by atomic mass is 10.0. The topological polar surface area (TPSA) is 86.4 Å². The van der Waals surface area contributed by atoms with Crippen LogP contribution < -0.4 is 10.4 Å². The summed E-state index contributed by atoms with van der Waals surface area (Å²) in [6.45, 7) is 8.18. The molecule has 33 heavy (non-hydrogen) atoms. The highest BCUT2D eigenvalue weighted by molar-refractivity contribution is 5.77. The summed E-state index contributed by atoms with van der Waals surface area (Å²) in [5.41, 5.74) is -0.282. The Bertz CT molecular complexity index is 1230. The SMILES string of the molecule is Cc1cc(Cn2nc(C)n(-c3ccc(C(F)(F)F)cc3)c2=O)cc(C)c1OC(C)(C)C(=O)O. The maximum absolute atomic E-state index is 12.9. The Hall–Kier alpha value is -3.56. The van der Waals surface area contributed by atoms with E-state index in [0.717, 1.165) is 17.7 Å². The molecule has 0 fully saturated rings. The van der Waals surface area contributed by atoms with Crippen molar-refractivity contribution in [2.45, 2.75) is 52.9 Å². The average molecular weight is 463 g/mol. The van der Waals surface area contributed by atoms with Crippen LogP contribution in [0.4, 0.5) is 13.2 Å². The average Bonchev–Trinajstić information content (AvgIpc) is 2.97. The number of carbonyl (C=O) groups is 1. The molecule has 3 rings (SSSR count). The van der Waals surface area contributed by atoms with Crippen LogP contribution >= 0.6 is 0 Å². The number of hydrogen-bond acceptors (Lipinski definition) is 4. The van der Waals surface area contributed by atoms with Gasteiger partial charge in [0.05, 0.1) is 17.8 Å². The van der Waals surface area contributed by atoms with Crippen LogP contribution in [0.25, 0.3) is 5.69 Å². The van der Waals surface area contributed by atoms with Gasteiger partial charge in [0.2, 0.25) is 0 Å². The molecule has 0 aliphatic carbocycles. The number of carboxylic acids is 1. The fourth-order valence-corrected chi connectivity index (χ4v) is 3.48. The third-order valence-electron chi connectivity index (χ3n) is 5.18. The minimum absolute atomic E-state index is 0.123. The number of carboxylic acid groups (broad SMARTS) is 1. The lowest BCUT2D eigenvalue weighted by Gasteiger charge is -2.24. The van der Waals surface area contributed by atoms with E-state index >= 15 is 0 Å². The van der Waals surface area contributed by atoms with Gasteiger partial charge in [-0.05, 0) is 75.6 Å². The number of aromatic nitrogens is 3.